The van der Waals surface area contributed by atoms with E-state index in [-0.39, 0.29) is 29.4 Å². The number of nitrogens with zero attached hydrogens (tertiary/aromatic N) is 1. The lowest BCUT2D eigenvalue weighted by Gasteiger charge is -2.29. The monoisotopic (exact) mass is 314 g/mol. The van der Waals surface area contributed by atoms with Gasteiger partial charge in [0.05, 0.1) is 0 Å². The Morgan fingerprint density at radius 2 is 1.78 bits per heavy atom. The van der Waals surface area contributed by atoms with E-state index in [1.807, 2.05) is 18.2 Å². The molecule has 0 bridgehead atoms. The molecule has 0 aliphatic carbocycles. The number of rotatable bonds is 4. The summed E-state index contributed by atoms with van der Waals surface area (Å²) in [5.41, 5.74) is 5.30. The van der Waals surface area contributed by atoms with Crippen molar-refractivity contribution < 1.29 is 18.7 Å². The van der Waals surface area contributed by atoms with Crippen LogP contribution in [-0.2, 0) is 4.79 Å². The number of furan rings is 1. The molecule has 2 aromatic rings. The Hall–Kier alpha value is -2.76. The van der Waals surface area contributed by atoms with E-state index in [9.17, 15) is 9.59 Å². The molecule has 1 aliphatic rings. The number of ether oxygens (including phenoxy) is 1. The molecule has 23 heavy (non-hydrogen) atoms. The standard InChI is InChI=1S/C17H18N2O4/c18-16(20)12-8-10-19(11-9-12)17(21)14-6-7-15(23-14)22-13-4-2-1-3-5-13/h1-7,12H,8-11H2,(H2,18,20). The number of para-hydroxylation sites is 1. The van der Waals surface area contributed by atoms with Gasteiger partial charge in [-0.05, 0) is 31.0 Å². The summed E-state index contributed by atoms with van der Waals surface area (Å²) in [5, 5.41) is 0. The van der Waals surface area contributed by atoms with Gasteiger partial charge in [0.25, 0.3) is 11.9 Å². The first-order chi connectivity index (χ1) is 11.1. The summed E-state index contributed by atoms with van der Waals surface area (Å²) >= 11 is 0. The van der Waals surface area contributed by atoms with Gasteiger partial charge in [-0.1, -0.05) is 18.2 Å². The van der Waals surface area contributed by atoms with Crippen LogP contribution in [-0.4, -0.2) is 29.8 Å². The predicted molar refractivity (Wildman–Crippen MR) is 83.0 cm³/mol. The van der Waals surface area contributed by atoms with Gasteiger partial charge in [-0.15, -0.1) is 0 Å². The summed E-state index contributed by atoms with van der Waals surface area (Å²) in [4.78, 5) is 25.2. The van der Waals surface area contributed by atoms with E-state index in [4.69, 9.17) is 14.9 Å². The third-order valence-corrected chi connectivity index (χ3v) is 3.94. The molecule has 120 valence electrons. The van der Waals surface area contributed by atoms with Crippen molar-refractivity contribution in [2.45, 2.75) is 12.8 Å². The molecule has 1 fully saturated rings. The van der Waals surface area contributed by atoms with Crippen molar-refractivity contribution in [2.75, 3.05) is 13.1 Å². The third kappa shape index (κ3) is 3.53. The lowest BCUT2D eigenvalue weighted by Crippen LogP contribution is -2.41. The van der Waals surface area contributed by atoms with Crippen LogP contribution in [0, 0.1) is 5.92 Å². The average molecular weight is 314 g/mol. The zero-order valence-electron chi connectivity index (χ0n) is 12.6. The van der Waals surface area contributed by atoms with Crippen LogP contribution in [0.1, 0.15) is 23.4 Å². The minimum atomic E-state index is -0.298. The summed E-state index contributed by atoms with van der Waals surface area (Å²) < 4.78 is 11.0. The van der Waals surface area contributed by atoms with Crippen LogP contribution in [0.5, 0.6) is 11.7 Å². The molecular weight excluding hydrogens is 296 g/mol. The maximum Gasteiger partial charge on any atom is 0.290 e. The summed E-state index contributed by atoms with van der Waals surface area (Å²) in [6.45, 7) is 1.00. The number of hydrogen-bond acceptors (Lipinski definition) is 4. The molecule has 3 rings (SSSR count). The molecule has 2 heterocycles. The first-order valence-electron chi connectivity index (χ1n) is 7.55. The Labute approximate surface area is 133 Å². The van der Waals surface area contributed by atoms with Crippen molar-refractivity contribution in [1.82, 2.24) is 4.90 Å². The zero-order chi connectivity index (χ0) is 16.2. The second kappa shape index (κ2) is 6.56. The maximum atomic E-state index is 12.4. The maximum absolute atomic E-state index is 12.4. The molecular formula is C17H18N2O4. The van der Waals surface area contributed by atoms with Gasteiger partial charge < -0.3 is 19.8 Å². The number of amides is 2. The smallest absolute Gasteiger partial charge is 0.290 e. The van der Waals surface area contributed by atoms with Crippen molar-refractivity contribution in [1.29, 1.82) is 0 Å². The van der Waals surface area contributed by atoms with Crippen LogP contribution in [0.4, 0.5) is 0 Å². The van der Waals surface area contributed by atoms with Gasteiger partial charge in [0.15, 0.2) is 5.76 Å². The summed E-state index contributed by atoms with van der Waals surface area (Å²) in [7, 11) is 0. The molecule has 0 radical (unpaired) electrons. The van der Waals surface area contributed by atoms with E-state index in [0.717, 1.165) is 0 Å². The van der Waals surface area contributed by atoms with Crippen molar-refractivity contribution in [3.05, 3.63) is 48.2 Å². The molecule has 0 unspecified atom stereocenters. The first kappa shape index (κ1) is 15.1. The quantitative estimate of drug-likeness (QED) is 0.939. The molecule has 1 aliphatic heterocycles. The highest BCUT2D eigenvalue weighted by Gasteiger charge is 2.27. The van der Waals surface area contributed by atoms with E-state index in [0.29, 0.717) is 31.7 Å². The zero-order valence-corrected chi connectivity index (χ0v) is 12.6. The van der Waals surface area contributed by atoms with Gasteiger partial charge in [0.1, 0.15) is 5.75 Å². The molecule has 1 aromatic heterocycles. The number of benzene rings is 1. The topological polar surface area (TPSA) is 85.8 Å². The third-order valence-electron chi connectivity index (χ3n) is 3.94. The Balaban J connectivity index is 1.62. The summed E-state index contributed by atoms with van der Waals surface area (Å²) in [5.74, 6) is 0.500. The van der Waals surface area contributed by atoms with E-state index < -0.39 is 0 Å². The SMILES string of the molecule is NC(=O)C1CCN(C(=O)c2ccc(Oc3ccccc3)o2)CC1. The Morgan fingerprint density at radius 3 is 2.43 bits per heavy atom. The molecule has 0 atom stereocenters. The van der Waals surface area contributed by atoms with E-state index in [2.05, 4.69) is 0 Å². The minimum absolute atomic E-state index is 0.146. The van der Waals surface area contributed by atoms with Crippen molar-refractivity contribution in [3.8, 4) is 11.7 Å². The molecule has 0 saturated carbocycles. The summed E-state index contributed by atoms with van der Waals surface area (Å²) in [6.07, 6.45) is 1.18. The van der Waals surface area contributed by atoms with Crippen molar-refractivity contribution in [2.24, 2.45) is 11.7 Å². The lowest BCUT2D eigenvalue weighted by molar-refractivity contribution is -0.123. The second-order valence-electron chi connectivity index (χ2n) is 5.50. The second-order valence-corrected chi connectivity index (χ2v) is 5.50. The summed E-state index contributed by atoms with van der Waals surface area (Å²) in [6, 6.07) is 12.4. The Kier molecular flexibility index (Phi) is 4.32. The molecule has 1 aromatic carbocycles. The number of carbonyl (C=O) groups excluding carboxylic acids is 2. The number of likely N-dealkylation sites (tertiary alicyclic amines) is 1. The minimum Gasteiger partial charge on any atom is -0.426 e. The largest absolute Gasteiger partial charge is 0.426 e. The van der Waals surface area contributed by atoms with E-state index in [1.54, 1.807) is 29.2 Å². The van der Waals surface area contributed by atoms with Crippen LogP contribution in [0.2, 0.25) is 0 Å². The number of hydrogen-bond donors (Lipinski definition) is 1. The number of carbonyl (C=O) groups is 2. The van der Waals surface area contributed by atoms with Gasteiger partial charge in [-0.25, -0.2) is 0 Å². The van der Waals surface area contributed by atoms with Crippen molar-refractivity contribution >= 4 is 11.8 Å². The predicted octanol–water partition coefficient (Wildman–Crippen LogP) is 2.41. The number of nitrogens with two attached hydrogens (primary N) is 1. The van der Waals surface area contributed by atoms with Gasteiger partial charge in [-0.3, -0.25) is 9.59 Å². The normalized spacial score (nSPS) is 15.4. The van der Waals surface area contributed by atoms with Crippen molar-refractivity contribution in [3.63, 3.8) is 0 Å². The number of piperidine rings is 1. The fourth-order valence-corrected chi connectivity index (χ4v) is 2.62. The van der Waals surface area contributed by atoms with Crippen LogP contribution in [0.3, 0.4) is 0 Å². The van der Waals surface area contributed by atoms with Gasteiger partial charge in [0, 0.05) is 25.1 Å². The average Bonchev–Trinajstić information content (AvgIpc) is 3.03. The fraction of sp³-hybridized carbons (Fsp3) is 0.294. The van der Waals surface area contributed by atoms with Crippen LogP contribution in [0.15, 0.2) is 46.9 Å². The molecule has 6 nitrogen and oxygen atoms in total. The molecule has 1 saturated heterocycles. The Bertz CT molecular complexity index is 688. The van der Waals surface area contributed by atoms with Gasteiger partial charge >= 0.3 is 0 Å². The molecule has 2 amide bonds. The van der Waals surface area contributed by atoms with Gasteiger partial charge in [0.2, 0.25) is 5.91 Å². The van der Waals surface area contributed by atoms with Crippen LogP contribution < -0.4 is 10.5 Å². The molecule has 6 heteroatoms. The van der Waals surface area contributed by atoms with Crippen LogP contribution >= 0.6 is 0 Å². The highest BCUT2D eigenvalue weighted by Crippen LogP contribution is 2.25. The molecule has 2 N–H and O–H groups in total. The van der Waals surface area contributed by atoms with Gasteiger partial charge in [-0.2, -0.15) is 0 Å². The Morgan fingerprint density at radius 1 is 1.09 bits per heavy atom. The first-order valence-corrected chi connectivity index (χ1v) is 7.55. The lowest BCUT2D eigenvalue weighted by atomic mass is 9.96. The highest BCUT2D eigenvalue weighted by molar-refractivity contribution is 5.92. The number of primary amides is 1. The fourth-order valence-electron chi connectivity index (χ4n) is 2.62. The van der Waals surface area contributed by atoms with E-state index >= 15 is 0 Å². The van der Waals surface area contributed by atoms with Crippen LogP contribution in [0.25, 0.3) is 0 Å². The highest BCUT2D eigenvalue weighted by atomic mass is 16.6. The van der Waals surface area contributed by atoms with E-state index in [1.165, 1.54) is 0 Å². The molecule has 0 spiro atoms.